The fraction of sp³-hybridized carbons (Fsp3) is 1.00. The van der Waals surface area contributed by atoms with E-state index >= 15 is 0 Å². The second kappa shape index (κ2) is 6.58. The van der Waals surface area contributed by atoms with Crippen LogP contribution >= 0.6 is 10.7 Å². The van der Waals surface area contributed by atoms with Crippen molar-refractivity contribution in [1.82, 2.24) is 0 Å². The van der Waals surface area contributed by atoms with Crippen molar-refractivity contribution in [3.63, 3.8) is 0 Å². The molecule has 1 N–H and O–H groups in total. The lowest BCUT2D eigenvalue weighted by molar-refractivity contribution is 0.482. The van der Waals surface area contributed by atoms with Gasteiger partial charge in [-0.05, 0) is 6.42 Å². The molecule has 0 amide bonds. The molecule has 13 heavy (non-hydrogen) atoms. The van der Waals surface area contributed by atoms with Crippen LogP contribution in [0, 0.1) is 0 Å². The molecule has 0 heterocycles. The predicted molar refractivity (Wildman–Crippen MR) is 52.0 cm³/mol. The van der Waals surface area contributed by atoms with Crippen LogP contribution in [0.3, 0.4) is 0 Å². The Morgan fingerprint density at radius 1 is 1.15 bits per heavy atom. The molecule has 0 aliphatic rings. The van der Waals surface area contributed by atoms with Crippen LogP contribution in [0.1, 0.15) is 20.3 Å². The van der Waals surface area contributed by atoms with Gasteiger partial charge in [-0.2, -0.15) is 8.42 Å². The van der Waals surface area contributed by atoms with E-state index in [1.54, 1.807) is 6.92 Å². The molecule has 82 valence electrons. The summed E-state index contributed by atoms with van der Waals surface area (Å²) in [5.74, 6) is -0.123. The predicted octanol–water partition coefficient (Wildman–Crippen LogP) is 0.859. The molecule has 0 saturated carbocycles. The van der Waals surface area contributed by atoms with Crippen molar-refractivity contribution < 1.29 is 21.4 Å². The summed E-state index contributed by atoms with van der Waals surface area (Å²) < 4.78 is 47.1. The first kappa shape index (κ1) is 15.6. The molecule has 0 aliphatic carbocycles. The van der Waals surface area contributed by atoms with Gasteiger partial charge in [0.1, 0.15) is 0 Å². The maximum absolute atomic E-state index is 9.79. The maximum atomic E-state index is 9.79. The Kier molecular flexibility index (Phi) is 7.90. The van der Waals surface area contributed by atoms with E-state index in [0.717, 1.165) is 0 Å². The number of halogens is 1. The molecule has 0 aromatic heterocycles. The maximum Gasteiger partial charge on any atom is 0.264 e. The Labute approximate surface area is 83.3 Å². The van der Waals surface area contributed by atoms with Crippen molar-refractivity contribution >= 4 is 29.9 Å². The average molecular weight is 253 g/mol. The minimum absolute atomic E-state index is 0.00849. The van der Waals surface area contributed by atoms with Crippen molar-refractivity contribution in [2.45, 2.75) is 20.3 Å². The van der Waals surface area contributed by atoms with Crippen molar-refractivity contribution in [1.29, 1.82) is 0 Å². The van der Waals surface area contributed by atoms with E-state index in [1.165, 1.54) is 6.92 Å². The molecule has 0 fully saturated rings. The molecule has 0 aliphatic heterocycles. The molecular formula is C5H13ClO5S2. The summed E-state index contributed by atoms with van der Waals surface area (Å²) in [7, 11) is -2.17. The summed E-state index contributed by atoms with van der Waals surface area (Å²) in [6.07, 6.45) is 0.471. The highest BCUT2D eigenvalue weighted by atomic mass is 35.7. The third-order valence-electron chi connectivity index (χ3n) is 0.807. The normalized spacial score (nSPS) is 11.7. The fourth-order valence-electron chi connectivity index (χ4n) is 0.258. The summed E-state index contributed by atoms with van der Waals surface area (Å²) >= 11 is 0. The van der Waals surface area contributed by atoms with Gasteiger partial charge in [0.15, 0.2) is 0 Å². The Morgan fingerprint density at radius 3 is 1.46 bits per heavy atom. The summed E-state index contributed by atoms with van der Waals surface area (Å²) in [4.78, 5) is 0. The molecule has 0 unspecified atom stereocenters. The molecule has 0 bridgehead atoms. The number of hydrogen-bond acceptors (Lipinski definition) is 4. The van der Waals surface area contributed by atoms with Gasteiger partial charge >= 0.3 is 0 Å². The third kappa shape index (κ3) is 24.5. The molecule has 0 radical (unpaired) electrons. The molecule has 8 heteroatoms. The van der Waals surface area contributed by atoms with Gasteiger partial charge in [0.25, 0.3) is 10.1 Å². The van der Waals surface area contributed by atoms with E-state index in [9.17, 15) is 16.8 Å². The van der Waals surface area contributed by atoms with Gasteiger partial charge in [-0.25, -0.2) is 8.42 Å². The van der Waals surface area contributed by atoms with Crippen molar-refractivity contribution in [3.05, 3.63) is 0 Å². The van der Waals surface area contributed by atoms with Crippen LogP contribution in [0.15, 0.2) is 0 Å². The molecule has 0 aromatic carbocycles. The molecule has 0 spiro atoms. The lowest BCUT2D eigenvalue weighted by atomic mass is 10.6. The van der Waals surface area contributed by atoms with Crippen LogP contribution in [-0.2, 0) is 19.2 Å². The number of rotatable bonds is 3. The lowest BCUT2D eigenvalue weighted by Gasteiger charge is -1.85. The monoisotopic (exact) mass is 252 g/mol. The Bertz CT molecular complexity index is 304. The van der Waals surface area contributed by atoms with Crippen LogP contribution in [-0.4, -0.2) is 32.9 Å². The first-order valence-corrected chi connectivity index (χ1v) is 7.58. The largest absolute Gasteiger partial charge is 0.286 e. The van der Waals surface area contributed by atoms with Crippen LogP contribution < -0.4 is 0 Å². The van der Waals surface area contributed by atoms with Crippen molar-refractivity contribution in [3.8, 4) is 0 Å². The van der Waals surface area contributed by atoms with E-state index < -0.39 is 19.2 Å². The standard InChI is InChI=1S/C3H8O3S.C2H5ClO2S/c1-2-3-7(4,5)6;1-2-6(3,4)5/h2-3H2,1H3,(H,4,5,6);2H2,1H3. The van der Waals surface area contributed by atoms with Gasteiger partial charge in [-0.3, -0.25) is 4.55 Å². The third-order valence-corrected chi connectivity index (χ3v) is 3.08. The van der Waals surface area contributed by atoms with Gasteiger partial charge in [0, 0.05) is 10.7 Å². The summed E-state index contributed by atoms with van der Waals surface area (Å²) in [5.41, 5.74) is 0. The number of hydrogen-bond donors (Lipinski definition) is 1. The van der Waals surface area contributed by atoms with E-state index in [1.807, 2.05) is 0 Å². The van der Waals surface area contributed by atoms with Gasteiger partial charge in [-0.1, -0.05) is 13.8 Å². The summed E-state index contributed by atoms with van der Waals surface area (Å²) in [6.45, 7) is 3.18. The van der Waals surface area contributed by atoms with Gasteiger partial charge < -0.3 is 0 Å². The SMILES string of the molecule is CCCS(=O)(=O)O.CCS(=O)(=O)Cl. The Hall–Kier alpha value is 0.150. The van der Waals surface area contributed by atoms with Crippen LogP contribution in [0.5, 0.6) is 0 Å². The summed E-state index contributed by atoms with van der Waals surface area (Å²) in [6, 6.07) is 0. The molecule has 0 saturated heterocycles. The molecule has 0 atom stereocenters. The van der Waals surface area contributed by atoms with Gasteiger partial charge in [0.05, 0.1) is 11.5 Å². The van der Waals surface area contributed by atoms with Crippen LogP contribution in [0.4, 0.5) is 0 Å². The van der Waals surface area contributed by atoms with Crippen LogP contribution in [0.2, 0.25) is 0 Å². The quantitative estimate of drug-likeness (QED) is 0.594. The minimum Gasteiger partial charge on any atom is -0.286 e. The molecular weight excluding hydrogens is 240 g/mol. The molecule has 0 rings (SSSR count). The smallest absolute Gasteiger partial charge is 0.264 e. The second-order valence-electron chi connectivity index (χ2n) is 2.11. The first-order valence-electron chi connectivity index (χ1n) is 3.50. The zero-order chi connectivity index (χ0) is 11.1. The minimum atomic E-state index is -3.67. The van der Waals surface area contributed by atoms with Gasteiger partial charge in [-0.15, -0.1) is 0 Å². The lowest BCUT2D eigenvalue weighted by Crippen LogP contribution is -2.01. The zero-order valence-corrected chi connectivity index (χ0v) is 9.78. The Morgan fingerprint density at radius 2 is 1.46 bits per heavy atom. The highest BCUT2D eigenvalue weighted by molar-refractivity contribution is 8.13. The summed E-state index contributed by atoms with van der Waals surface area (Å²) in [5, 5.41) is 0. The highest BCUT2D eigenvalue weighted by Gasteiger charge is 1.98. The van der Waals surface area contributed by atoms with Gasteiger partial charge in [0.2, 0.25) is 9.05 Å². The van der Waals surface area contributed by atoms with E-state index in [2.05, 4.69) is 10.7 Å². The van der Waals surface area contributed by atoms with Crippen molar-refractivity contribution in [2.24, 2.45) is 0 Å². The Balaban J connectivity index is 0. The van der Waals surface area contributed by atoms with Crippen LogP contribution in [0.25, 0.3) is 0 Å². The van der Waals surface area contributed by atoms with E-state index in [0.29, 0.717) is 6.42 Å². The topological polar surface area (TPSA) is 88.5 Å². The van der Waals surface area contributed by atoms with Crippen molar-refractivity contribution in [2.75, 3.05) is 11.5 Å². The fourth-order valence-corrected chi connectivity index (χ4v) is 0.774. The van der Waals surface area contributed by atoms with E-state index in [4.69, 9.17) is 4.55 Å². The molecule has 5 nitrogen and oxygen atoms in total. The second-order valence-corrected chi connectivity index (χ2v) is 6.75. The average Bonchev–Trinajstić information content (AvgIpc) is 1.84. The molecule has 0 aromatic rings. The van der Waals surface area contributed by atoms with E-state index in [-0.39, 0.29) is 11.5 Å². The highest BCUT2D eigenvalue weighted by Crippen LogP contribution is 1.91. The zero-order valence-electron chi connectivity index (χ0n) is 7.40. The first-order chi connectivity index (χ1) is 5.62.